The van der Waals surface area contributed by atoms with Gasteiger partial charge in [-0.3, -0.25) is 4.90 Å². The SMILES string of the molecule is CCCCCCCCN(CO)CO. The number of rotatable bonds is 9. The molecule has 0 heterocycles. The van der Waals surface area contributed by atoms with E-state index in [1.165, 1.54) is 32.1 Å². The molecular weight excluding hydrogens is 166 g/mol. The zero-order chi connectivity index (χ0) is 9.94. The average molecular weight is 189 g/mol. The van der Waals surface area contributed by atoms with Crippen LogP contribution in [0.5, 0.6) is 0 Å². The zero-order valence-corrected chi connectivity index (χ0v) is 8.71. The van der Waals surface area contributed by atoms with Gasteiger partial charge in [-0.15, -0.1) is 0 Å². The normalized spacial score (nSPS) is 11.1. The Kier molecular flexibility index (Phi) is 9.87. The molecule has 0 atom stereocenters. The lowest BCUT2D eigenvalue weighted by Crippen LogP contribution is -2.26. The predicted octanol–water partition coefficient (Wildman–Crippen LogP) is 1.55. The molecule has 0 bridgehead atoms. The molecule has 3 nitrogen and oxygen atoms in total. The van der Waals surface area contributed by atoms with E-state index in [0.717, 1.165) is 13.0 Å². The zero-order valence-electron chi connectivity index (χ0n) is 8.71. The molecule has 80 valence electrons. The Morgan fingerprint density at radius 3 is 1.92 bits per heavy atom. The summed E-state index contributed by atoms with van der Waals surface area (Å²) in [5.74, 6) is 0. The lowest BCUT2D eigenvalue weighted by atomic mass is 10.1. The molecule has 0 saturated carbocycles. The van der Waals surface area contributed by atoms with Crippen LogP contribution in [0.1, 0.15) is 45.4 Å². The minimum atomic E-state index is -0.0362. The minimum Gasteiger partial charge on any atom is -0.381 e. The molecule has 0 unspecified atom stereocenters. The fourth-order valence-electron chi connectivity index (χ4n) is 1.30. The summed E-state index contributed by atoms with van der Waals surface area (Å²) in [6, 6.07) is 0. The number of aliphatic hydroxyl groups excluding tert-OH is 2. The fourth-order valence-corrected chi connectivity index (χ4v) is 1.30. The lowest BCUT2D eigenvalue weighted by Gasteiger charge is -2.15. The topological polar surface area (TPSA) is 43.7 Å². The van der Waals surface area contributed by atoms with E-state index in [4.69, 9.17) is 10.2 Å². The van der Waals surface area contributed by atoms with Gasteiger partial charge < -0.3 is 10.2 Å². The van der Waals surface area contributed by atoms with Gasteiger partial charge in [0, 0.05) is 6.54 Å². The Morgan fingerprint density at radius 2 is 1.38 bits per heavy atom. The molecule has 0 aromatic heterocycles. The van der Waals surface area contributed by atoms with Gasteiger partial charge in [0.2, 0.25) is 0 Å². The van der Waals surface area contributed by atoms with Gasteiger partial charge in [-0.2, -0.15) is 0 Å². The fraction of sp³-hybridized carbons (Fsp3) is 1.00. The highest BCUT2D eigenvalue weighted by molar-refractivity contribution is 4.49. The Morgan fingerprint density at radius 1 is 0.846 bits per heavy atom. The molecule has 0 rings (SSSR count). The van der Waals surface area contributed by atoms with Gasteiger partial charge in [0.05, 0.1) is 13.5 Å². The number of aliphatic hydroxyl groups is 2. The summed E-state index contributed by atoms with van der Waals surface area (Å²) in [6.45, 7) is 2.94. The first-order valence-corrected chi connectivity index (χ1v) is 5.29. The summed E-state index contributed by atoms with van der Waals surface area (Å²) in [5.41, 5.74) is 0. The number of hydrogen-bond acceptors (Lipinski definition) is 3. The van der Waals surface area contributed by atoms with Gasteiger partial charge in [-0.25, -0.2) is 0 Å². The summed E-state index contributed by atoms with van der Waals surface area (Å²) in [7, 11) is 0. The van der Waals surface area contributed by atoms with Crippen LogP contribution in [0.25, 0.3) is 0 Å². The highest BCUT2D eigenvalue weighted by atomic mass is 16.3. The van der Waals surface area contributed by atoms with Gasteiger partial charge in [0.25, 0.3) is 0 Å². The van der Waals surface area contributed by atoms with Gasteiger partial charge in [0.15, 0.2) is 0 Å². The van der Waals surface area contributed by atoms with Crippen molar-refractivity contribution in [1.29, 1.82) is 0 Å². The quantitative estimate of drug-likeness (QED) is 0.427. The number of unbranched alkanes of at least 4 members (excludes halogenated alkanes) is 5. The lowest BCUT2D eigenvalue weighted by molar-refractivity contribution is 0.0284. The summed E-state index contributed by atoms with van der Waals surface area (Å²) in [4.78, 5) is 1.62. The molecular formula is C10H23NO2. The summed E-state index contributed by atoms with van der Waals surface area (Å²) in [6.07, 6.45) is 7.47. The van der Waals surface area contributed by atoms with Crippen LogP contribution in [0.3, 0.4) is 0 Å². The van der Waals surface area contributed by atoms with E-state index in [1.807, 2.05) is 0 Å². The summed E-state index contributed by atoms with van der Waals surface area (Å²) >= 11 is 0. The second kappa shape index (κ2) is 9.96. The van der Waals surface area contributed by atoms with Crippen LogP contribution in [0.15, 0.2) is 0 Å². The summed E-state index contributed by atoms with van der Waals surface area (Å²) in [5, 5.41) is 17.5. The van der Waals surface area contributed by atoms with E-state index in [1.54, 1.807) is 4.90 Å². The van der Waals surface area contributed by atoms with Crippen molar-refractivity contribution in [3.63, 3.8) is 0 Å². The van der Waals surface area contributed by atoms with Crippen molar-refractivity contribution < 1.29 is 10.2 Å². The molecule has 0 spiro atoms. The monoisotopic (exact) mass is 189 g/mol. The second-order valence-electron chi connectivity index (χ2n) is 3.45. The average Bonchev–Trinajstić information content (AvgIpc) is 2.17. The molecule has 0 aromatic rings. The van der Waals surface area contributed by atoms with Gasteiger partial charge in [-0.1, -0.05) is 39.0 Å². The molecule has 0 aliphatic carbocycles. The first-order valence-electron chi connectivity index (χ1n) is 5.29. The maximum absolute atomic E-state index is 8.73. The third-order valence-corrected chi connectivity index (χ3v) is 2.23. The Bertz CT molecular complexity index is 94.9. The summed E-state index contributed by atoms with van der Waals surface area (Å²) < 4.78 is 0. The minimum absolute atomic E-state index is 0.0362. The maximum atomic E-state index is 8.73. The van der Waals surface area contributed by atoms with E-state index < -0.39 is 0 Å². The Hall–Kier alpha value is -0.120. The molecule has 13 heavy (non-hydrogen) atoms. The van der Waals surface area contributed by atoms with Gasteiger partial charge in [0.1, 0.15) is 0 Å². The molecule has 0 aromatic carbocycles. The molecule has 0 saturated heterocycles. The largest absolute Gasteiger partial charge is 0.381 e. The highest BCUT2D eigenvalue weighted by Gasteiger charge is 1.99. The van der Waals surface area contributed by atoms with Crippen LogP contribution in [0.2, 0.25) is 0 Å². The van der Waals surface area contributed by atoms with Crippen LogP contribution in [0.4, 0.5) is 0 Å². The number of nitrogens with zero attached hydrogens (tertiary/aromatic N) is 1. The smallest absolute Gasteiger partial charge is 0.0974 e. The molecule has 3 heteroatoms. The van der Waals surface area contributed by atoms with Gasteiger partial charge in [-0.05, 0) is 6.42 Å². The van der Waals surface area contributed by atoms with Crippen molar-refractivity contribution in [3.8, 4) is 0 Å². The molecule has 0 radical (unpaired) electrons. The molecule has 0 amide bonds. The van der Waals surface area contributed by atoms with Crippen LogP contribution in [-0.4, -0.2) is 35.1 Å². The van der Waals surface area contributed by atoms with Crippen LogP contribution >= 0.6 is 0 Å². The molecule has 0 aliphatic rings. The van der Waals surface area contributed by atoms with Crippen molar-refractivity contribution in [2.45, 2.75) is 45.4 Å². The van der Waals surface area contributed by atoms with Crippen LogP contribution in [-0.2, 0) is 0 Å². The predicted molar refractivity (Wildman–Crippen MR) is 54.3 cm³/mol. The van der Waals surface area contributed by atoms with Crippen LogP contribution in [0, 0.1) is 0 Å². The van der Waals surface area contributed by atoms with Crippen molar-refractivity contribution in [2.24, 2.45) is 0 Å². The van der Waals surface area contributed by atoms with Crippen molar-refractivity contribution in [3.05, 3.63) is 0 Å². The van der Waals surface area contributed by atoms with E-state index >= 15 is 0 Å². The molecule has 2 N–H and O–H groups in total. The first kappa shape index (κ1) is 12.9. The standard InChI is InChI=1S/C10H23NO2/c1-2-3-4-5-6-7-8-11(9-12)10-13/h12-13H,2-10H2,1H3. The second-order valence-corrected chi connectivity index (χ2v) is 3.45. The van der Waals surface area contributed by atoms with Crippen molar-refractivity contribution >= 4 is 0 Å². The Balaban J connectivity index is 3.05. The van der Waals surface area contributed by atoms with E-state index in [9.17, 15) is 0 Å². The van der Waals surface area contributed by atoms with E-state index in [0.29, 0.717) is 0 Å². The maximum Gasteiger partial charge on any atom is 0.0974 e. The van der Waals surface area contributed by atoms with Crippen LogP contribution < -0.4 is 0 Å². The third kappa shape index (κ3) is 8.22. The van der Waals surface area contributed by atoms with E-state index in [2.05, 4.69) is 6.92 Å². The molecule has 0 fully saturated rings. The third-order valence-electron chi connectivity index (χ3n) is 2.23. The van der Waals surface area contributed by atoms with Crippen molar-refractivity contribution in [1.82, 2.24) is 4.90 Å². The highest BCUT2D eigenvalue weighted by Crippen LogP contribution is 2.05. The Labute approximate surface area is 81.4 Å². The number of hydrogen-bond donors (Lipinski definition) is 2. The first-order chi connectivity index (χ1) is 6.35. The molecule has 0 aliphatic heterocycles. The van der Waals surface area contributed by atoms with Gasteiger partial charge >= 0.3 is 0 Å². The van der Waals surface area contributed by atoms with Crippen molar-refractivity contribution in [2.75, 3.05) is 20.0 Å². The van der Waals surface area contributed by atoms with E-state index in [-0.39, 0.29) is 13.5 Å².